The van der Waals surface area contributed by atoms with Gasteiger partial charge in [0, 0.05) is 0 Å². The number of fused-ring (bicyclic) bond motifs is 10. The molecular weight excluding hydrogens is 324 g/mol. The summed E-state index contributed by atoms with van der Waals surface area (Å²) in [5, 5.41) is 0. The lowest BCUT2D eigenvalue weighted by Crippen LogP contribution is -3.13. The van der Waals surface area contributed by atoms with E-state index < -0.39 is 0 Å². The second-order valence-electron chi connectivity index (χ2n) is 14.8. The second-order valence-corrected chi connectivity index (χ2v) is 14.8. The summed E-state index contributed by atoms with van der Waals surface area (Å²) in [4.78, 5) is 0. The minimum atomic E-state index is 0.370. The average molecular weight is 371 g/mol. The van der Waals surface area contributed by atoms with Crippen LogP contribution in [0, 0.1) is 65.5 Å². The fourth-order valence-electron chi connectivity index (χ4n) is 14.8. The Morgan fingerprint density at radius 3 is 1.04 bits per heavy atom. The Bertz CT molecular complexity index is 817. The molecule has 0 radical (unpaired) electrons. The molecule has 0 spiro atoms. The molecular formula is C27H46. The summed E-state index contributed by atoms with van der Waals surface area (Å²) in [6.07, 6.45) is 0. The van der Waals surface area contributed by atoms with Crippen LogP contribution >= 0.6 is 0 Å². The molecule has 5 rings (SSSR count). The lowest BCUT2D eigenvalue weighted by atomic mass is 8.86. The van der Waals surface area contributed by atoms with Crippen molar-refractivity contribution in [2.75, 3.05) is 0 Å². The van der Waals surface area contributed by atoms with Gasteiger partial charge in [-0.25, -0.2) is 0 Å². The monoisotopic (exact) mass is 370 g/mol. The highest BCUT2D eigenvalue weighted by molar-refractivity contribution is 5.61. The summed E-state index contributed by atoms with van der Waals surface area (Å²) in [5.74, 6) is 0.793. The van der Waals surface area contributed by atoms with Crippen LogP contribution in [0.25, 0.3) is 0 Å². The molecule has 5 aliphatic rings. The lowest BCUT2D eigenvalue weighted by Gasteiger charge is -3.17. The molecule has 0 N–H and O–H groups in total. The predicted octanol–water partition coefficient (Wildman–Crippen LogP) is 7.82. The van der Waals surface area contributed by atoms with E-state index in [1.165, 1.54) is 0 Å². The van der Waals surface area contributed by atoms with Gasteiger partial charge < -0.3 is 0 Å². The fraction of sp³-hybridized carbons (Fsp3) is 1.00. The van der Waals surface area contributed by atoms with Crippen molar-refractivity contribution in [3.63, 3.8) is 0 Å². The second kappa shape index (κ2) is 3.41. The van der Waals surface area contributed by atoms with Crippen molar-refractivity contribution in [1.29, 1.82) is 0 Å². The van der Waals surface area contributed by atoms with Gasteiger partial charge in [0.05, 0.1) is 0 Å². The van der Waals surface area contributed by atoms with Crippen LogP contribution in [0.4, 0.5) is 0 Å². The Balaban J connectivity index is 1.84. The molecule has 5 aliphatic carbocycles. The summed E-state index contributed by atoms with van der Waals surface area (Å²) in [6, 6.07) is 0. The molecule has 0 heteroatoms. The molecule has 9 unspecified atom stereocenters. The summed E-state index contributed by atoms with van der Waals surface area (Å²) in [5.41, 5.74) is 4.50. The van der Waals surface area contributed by atoms with Gasteiger partial charge in [-0.2, -0.15) is 0 Å². The van der Waals surface area contributed by atoms with Gasteiger partial charge in [-0.05, 0) is 65.5 Å². The van der Waals surface area contributed by atoms with Crippen LogP contribution in [0.3, 0.4) is 0 Å². The van der Waals surface area contributed by atoms with Gasteiger partial charge in [-0.15, -0.1) is 0 Å². The van der Waals surface area contributed by atoms with Gasteiger partial charge in [-0.3, -0.25) is 0 Å². The lowest BCUT2D eigenvalue weighted by molar-refractivity contribution is -0.708. The molecule has 0 aromatic rings. The van der Waals surface area contributed by atoms with E-state index >= 15 is 0 Å². The van der Waals surface area contributed by atoms with Crippen LogP contribution < -0.4 is 0 Å². The van der Waals surface area contributed by atoms with Gasteiger partial charge in [-0.1, -0.05) is 104 Å². The Morgan fingerprint density at radius 2 is 0.667 bits per heavy atom. The minimum absolute atomic E-state index is 0.370. The molecule has 0 aliphatic heterocycles. The molecule has 154 valence electrons. The first-order chi connectivity index (χ1) is 11.7. The first-order valence-corrected chi connectivity index (χ1v) is 11.7. The quantitative estimate of drug-likeness (QED) is 0.381. The van der Waals surface area contributed by atoms with Crippen molar-refractivity contribution in [2.45, 2.75) is 104 Å². The van der Waals surface area contributed by atoms with Crippen LogP contribution in [0.1, 0.15) is 104 Å². The smallest absolute Gasteiger partial charge is 0.0131 e. The van der Waals surface area contributed by atoms with Gasteiger partial charge in [0.1, 0.15) is 0 Å². The third-order valence-corrected chi connectivity index (χ3v) is 17.4. The van der Waals surface area contributed by atoms with Gasteiger partial charge in [0.2, 0.25) is 0 Å². The highest BCUT2D eigenvalue weighted by Gasteiger charge is 3.15. The maximum absolute atomic E-state index is 2.73. The summed E-state index contributed by atoms with van der Waals surface area (Å²) < 4.78 is 0. The zero-order valence-corrected chi connectivity index (χ0v) is 21.1. The van der Waals surface area contributed by atoms with E-state index in [2.05, 4.69) is 104 Å². The van der Waals surface area contributed by atoms with E-state index in [0.717, 1.165) is 5.92 Å². The Hall–Kier alpha value is 0. The van der Waals surface area contributed by atoms with Crippen molar-refractivity contribution < 1.29 is 0 Å². The van der Waals surface area contributed by atoms with Gasteiger partial charge in [0.25, 0.3) is 0 Å². The highest BCUT2D eigenvalue weighted by atomic mass is 15.2. The standard InChI is InChI=1S/C27H46/c1-16-17(2,3)21(9)20(16,8)24(12)25(21,13)27(15)23(11)19(6,7)18(4,5)22(23,10)26(24,27)14/h16H,1-15H3. The van der Waals surface area contributed by atoms with E-state index in [-0.39, 0.29) is 0 Å². The van der Waals surface area contributed by atoms with Crippen LogP contribution in [0.2, 0.25) is 0 Å². The van der Waals surface area contributed by atoms with Crippen LogP contribution in [0.15, 0.2) is 0 Å². The molecule has 0 nitrogen and oxygen atoms in total. The maximum Gasteiger partial charge on any atom is -0.0131 e. The van der Waals surface area contributed by atoms with Crippen molar-refractivity contribution in [3.8, 4) is 0 Å². The largest absolute Gasteiger partial charge is 0.0614 e. The van der Waals surface area contributed by atoms with Crippen molar-refractivity contribution in [3.05, 3.63) is 0 Å². The number of hydrogen-bond donors (Lipinski definition) is 0. The van der Waals surface area contributed by atoms with Crippen molar-refractivity contribution in [2.24, 2.45) is 65.5 Å². The molecule has 9 atom stereocenters. The molecule has 0 aromatic carbocycles. The van der Waals surface area contributed by atoms with E-state index in [0.29, 0.717) is 59.6 Å². The third kappa shape index (κ3) is 0.786. The Kier molecular flexibility index (Phi) is 2.40. The van der Waals surface area contributed by atoms with Gasteiger partial charge >= 0.3 is 0 Å². The van der Waals surface area contributed by atoms with Crippen LogP contribution in [-0.2, 0) is 0 Å². The van der Waals surface area contributed by atoms with E-state index in [9.17, 15) is 0 Å². The third-order valence-electron chi connectivity index (χ3n) is 17.4. The molecule has 5 fully saturated rings. The number of hydrogen-bond acceptors (Lipinski definition) is 0. The van der Waals surface area contributed by atoms with Crippen LogP contribution in [-0.4, -0.2) is 0 Å². The van der Waals surface area contributed by atoms with Gasteiger partial charge in [0.15, 0.2) is 0 Å². The molecule has 0 bridgehead atoms. The molecule has 0 aromatic heterocycles. The molecule has 0 heterocycles. The van der Waals surface area contributed by atoms with E-state index in [4.69, 9.17) is 0 Å². The minimum Gasteiger partial charge on any atom is -0.0614 e. The van der Waals surface area contributed by atoms with Crippen molar-refractivity contribution >= 4 is 0 Å². The summed E-state index contributed by atoms with van der Waals surface area (Å²) in [6.45, 7) is 39.8. The maximum atomic E-state index is 2.73. The number of rotatable bonds is 0. The average Bonchev–Trinajstić information content (AvgIpc) is 2.59. The SMILES string of the molecule is CC1C(C)(C)C2(C)C1(C)C1(C)C2(C)C2(C)C3(C)C(C)(C)C(C)(C)C3(C)C12C. The zero-order valence-electron chi connectivity index (χ0n) is 21.1. The zero-order chi connectivity index (χ0) is 21.1. The molecule has 0 amide bonds. The fourth-order valence-corrected chi connectivity index (χ4v) is 14.8. The highest BCUT2D eigenvalue weighted by Crippen LogP contribution is 3.18. The van der Waals surface area contributed by atoms with E-state index in [1.54, 1.807) is 0 Å². The molecule has 5 saturated carbocycles. The first kappa shape index (κ1) is 19.0. The van der Waals surface area contributed by atoms with Crippen molar-refractivity contribution in [1.82, 2.24) is 0 Å². The molecule has 0 saturated heterocycles. The Morgan fingerprint density at radius 1 is 0.370 bits per heavy atom. The summed E-state index contributed by atoms with van der Waals surface area (Å²) >= 11 is 0. The predicted molar refractivity (Wildman–Crippen MR) is 115 cm³/mol. The summed E-state index contributed by atoms with van der Waals surface area (Å²) in [7, 11) is 0. The van der Waals surface area contributed by atoms with Crippen LogP contribution in [0.5, 0.6) is 0 Å². The molecule has 27 heavy (non-hydrogen) atoms. The Labute approximate surface area is 169 Å². The first-order valence-electron chi connectivity index (χ1n) is 11.7. The topological polar surface area (TPSA) is 0 Å². The normalized spacial score (nSPS) is 73.2. The van der Waals surface area contributed by atoms with E-state index in [1.807, 2.05) is 0 Å².